The van der Waals surface area contributed by atoms with E-state index >= 15 is 0 Å². The summed E-state index contributed by atoms with van der Waals surface area (Å²) in [4.78, 5) is 43.7. The van der Waals surface area contributed by atoms with Gasteiger partial charge < -0.3 is 15.0 Å². The fourth-order valence-electron chi connectivity index (χ4n) is 3.09. The maximum absolute atomic E-state index is 12.5. The van der Waals surface area contributed by atoms with Crippen molar-refractivity contribution in [3.63, 3.8) is 0 Å². The van der Waals surface area contributed by atoms with Crippen LogP contribution in [-0.2, 0) is 0 Å². The summed E-state index contributed by atoms with van der Waals surface area (Å²) >= 11 is 1.15. The van der Waals surface area contributed by atoms with Crippen molar-refractivity contribution in [2.24, 2.45) is 4.99 Å². The third kappa shape index (κ3) is 6.95. The number of benzene rings is 1. The van der Waals surface area contributed by atoms with Gasteiger partial charge in [0, 0.05) is 37.1 Å². The monoisotopic (exact) mass is 516 g/mol. The van der Waals surface area contributed by atoms with Crippen LogP contribution in [-0.4, -0.2) is 72.9 Å². The first-order valence-corrected chi connectivity index (χ1v) is 11.2. The highest BCUT2D eigenvalue weighted by Crippen LogP contribution is 2.29. The van der Waals surface area contributed by atoms with Crippen LogP contribution in [0, 0.1) is 0 Å². The molecule has 14 heteroatoms. The predicted octanol–water partition coefficient (Wildman–Crippen LogP) is 2.56. The molecule has 36 heavy (non-hydrogen) atoms. The first-order chi connectivity index (χ1) is 17.0. The third-order valence-electron chi connectivity index (χ3n) is 4.64. The van der Waals surface area contributed by atoms with E-state index in [4.69, 9.17) is 7.85 Å². The lowest BCUT2D eigenvalue weighted by atomic mass is 9.94. The van der Waals surface area contributed by atoms with Crippen molar-refractivity contribution in [1.29, 1.82) is 0 Å². The molecule has 1 N–H and O–H groups in total. The molecule has 2 amide bonds. The van der Waals surface area contributed by atoms with Crippen LogP contribution in [0.5, 0.6) is 5.75 Å². The Hall–Kier alpha value is -3.65. The summed E-state index contributed by atoms with van der Waals surface area (Å²) in [5.41, 5.74) is 0.591. The number of hydrogen-bond donors (Lipinski definition) is 1. The van der Waals surface area contributed by atoms with Gasteiger partial charge in [0.1, 0.15) is 29.2 Å². The quantitative estimate of drug-likeness (QED) is 0.279. The molecule has 2 radical (unpaired) electrons. The van der Waals surface area contributed by atoms with Gasteiger partial charge in [-0.15, -0.1) is 24.5 Å². The number of thiazole rings is 1. The van der Waals surface area contributed by atoms with Crippen molar-refractivity contribution in [2.45, 2.75) is 19.2 Å². The maximum Gasteiger partial charge on any atom is 0.573 e. The molecule has 2 aromatic heterocycles. The van der Waals surface area contributed by atoms with Crippen molar-refractivity contribution in [3.05, 3.63) is 52.9 Å². The topological polar surface area (TPSA) is 110 Å². The number of nitrogens with one attached hydrogen (secondary N) is 1. The highest BCUT2D eigenvalue weighted by molar-refractivity contribution is 7.16. The van der Waals surface area contributed by atoms with E-state index in [1.54, 1.807) is 21.0 Å². The van der Waals surface area contributed by atoms with Crippen LogP contribution < -0.4 is 15.5 Å². The minimum Gasteiger partial charge on any atom is -0.406 e. The number of alkyl halides is 3. The Morgan fingerprint density at radius 3 is 2.67 bits per heavy atom. The Balaban J connectivity index is 1.81. The van der Waals surface area contributed by atoms with Crippen LogP contribution in [0.2, 0.25) is 0 Å². The van der Waals surface area contributed by atoms with Gasteiger partial charge in [-0.2, -0.15) is 0 Å². The number of hydrogen-bond acceptors (Lipinski definition) is 8. The second-order valence-corrected chi connectivity index (χ2v) is 8.58. The molecule has 1 unspecified atom stereocenters. The highest BCUT2D eigenvalue weighted by atomic mass is 32.1. The van der Waals surface area contributed by atoms with E-state index in [0.717, 1.165) is 23.5 Å². The normalized spacial score (nSPS) is 12.5. The third-order valence-corrected chi connectivity index (χ3v) is 5.64. The Bertz CT molecular complexity index is 1280. The van der Waals surface area contributed by atoms with Gasteiger partial charge in [-0.3, -0.25) is 19.6 Å². The minimum atomic E-state index is -4.93. The molecular formula is C22H20BF3N6O3S. The number of ether oxygens (including phenoxy) is 1. The zero-order valence-corrected chi connectivity index (χ0v) is 20.2. The van der Waals surface area contributed by atoms with Crippen LogP contribution in [0.25, 0.3) is 10.7 Å². The van der Waals surface area contributed by atoms with Crippen LogP contribution in [0.1, 0.15) is 38.6 Å². The lowest BCUT2D eigenvalue weighted by Crippen LogP contribution is -2.33. The zero-order chi connectivity index (χ0) is 26.5. The summed E-state index contributed by atoms with van der Waals surface area (Å²) in [5.74, 6) is -2.18. The van der Waals surface area contributed by atoms with Crippen molar-refractivity contribution >= 4 is 42.7 Å². The lowest BCUT2D eigenvalue weighted by Gasteiger charge is -2.14. The molecule has 186 valence electrons. The van der Waals surface area contributed by atoms with Crippen LogP contribution in [0.3, 0.4) is 0 Å². The van der Waals surface area contributed by atoms with E-state index in [2.05, 4.69) is 30.0 Å². The highest BCUT2D eigenvalue weighted by Gasteiger charge is 2.31. The van der Waals surface area contributed by atoms with Crippen molar-refractivity contribution in [2.75, 3.05) is 20.8 Å². The lowest BCUT2D eigenvalue weighted by molar-refractivity contribution is -0.274. The zero-order valence-electron chi connectivity index (χ0n) is 19.4. The Morgan fingerprint density at radius 2 is 1.97 bits per heavy atom. The molecule has 3 aromatic rings. The van der Waals surface area contributed by atoms with Crippen LogP contribution in [0.15, 0.2) is 41.8 Å². The van der Waals surface area contributed by atoms with Crippen molar-refractivity contribution < 1.29 is 27.5 Å². The largest absolute Gasteiger partial charge is 0.573 e. The minimum absolute atomic E-state index is 0.0888. The van der Waals surface area contributed by atoms with Gasteiger partial charge in [-0.25, -0.2) is 9.98 Å². The number of aliphatic imine (C=N–C) groups is 1. The fourth-order valence-corrected chi connectivity index (χ4v) is 4.01. The SMILES string of the molecule is [B]c1cc(OC(F)(F)F)cc(C(=O)N=CC(C)c2nccnc2-c2ncc(C(=O)N(C)CNC)s2)c1. The van der Waals surface area contributed by atoms with Crippen LogP contribution in [0.4, 0.5) is 13.2 Å². The first kappa shape index (κ1) is 27.0. The van der Waals surface area contributed by atoms with Crippen molar-refractivity contribution in [1.82, 2.24) is 25.2 Å². The smallest absolute Gasteiger partial charge is 0.406 e. The second kappa shape index (κ2) is 11.4. The molecule has 0 aliphatic carbocycles. The molecule has 2 heterocycles. The molecule has 0 saturated carbocycles. The van der Waals surface area contributed by atoms with Gasteiger partial charge in [0.15, 0.2) is 0 Å². The summed E-state index contributed by atoms with van der Waals surface area (Å²) in [7, 11) is 8.98. The van der Waals surface area contributed by atoms with E-state index in [-0.39, 0.29) is 16.9 Å². The molecule has 9 nitrogen and oxygen atoms in total. The number of amides is 2. The Kier molecular flexibility index (Phi) is 8.53. The number of aromatic nitrogens is 3. The van der Waals surface area contributed by atoms with Gasteiger partial charge in [0.25, 0.3) is 11.8 Å². The average molecular weight is 516 g/mol. The number of carbonyl (C=O) groups excluding carboxylic acids is 2. The number of halogens is 3. The molecule has 0 fully saturated rings. The van der Waals surface area contributed by atoms with E-state index in [0.29, 0.717) is 27.9 Å². The Morgan fingerprint density at radius 1 is 1.25 bits per heavy atom. The van der Waals surface area contributed by atoms with E-state index in [1.165, 1.54) is 35.8 Å². The molecule has 0 spiro atoms. The fraction of sp³-hybridized carbons (Fsp3) is 0.273. The first-order valence-electron chi connectivity index (χ1n) is 10.4. The van der Waals surface area contributed by atoms with Crippen molar-refractivity contribution in [3.8, 4) is 16.5 Å². The van der Waals surface area contributed by atoms with Gasteiger partial charge in [-0.1, -0.05) is 18.5 Å². The molecule has 1 atom stereocenters. The van der Waals surface area contributed by atoms with Gasteiger partial charge in [0.05, 0.1) is 18.6 Å². The summed E-state index contributed by atoms with van der Waals surface area (Å²) in [6.45, 7) is 2.07. The summed E-state index contributed by atoms with van der Waals surface area (Å²) in [6.07, 6.45) is 0.749. The predicted molar refractivity (Wildman–Crippen MR) is 129 cm³/mol. The van der Waals surface area contributed by atoms with Gasteiger partial charge in [0.2, 0.25) is 0 Å². The summed E-state index contributed by atoms with van der Waals surface area (Å²) in [5, 5.41) is 3.35. The Labute approximate surface area is 209 Å². The number of carbonyl (C=O) groups is 2. The number of nitrogens with zero attached hydrogens (tertiary/aromatic N) is 5. The average Bonchev–Trinajstić information content (AvgIpc) is 3.30. The summed E-state index contributed by atoms with van der Waals surface area (Å²) in [6, 6.07) is 3.05. The van der Waals surface area contributed by atoms with Gasteiger partial charge in [-0.05, 0) is 19.2 Å². The molecule has 1 aromatic carbocycles. The van der Waals surface area contributed by atoms with Gasteiger partial charge >= 0.3 is 6.36 Å². The van der Waals surface area contributed by atoms with E-state index in [9.17, 15) is 22.8 Å². The molecule has 0 aliphatic rings. The van der Waals surface area contributed by atoms with E-state index < -0.39 is 23.9 Å². The second-order valence-electron chi connectivity index (χ2n) is 7.55. The number of rotatable bonds is 8. The molecule has 0 aliphatic heterocycles. The molecular weight excluding hydrogens is 496 g/mol. The van der Waals surface area contributed by atoms with E-state index in [1.807, 2.05) is 0 Å². The maximum atomic E-state index is 12.5. The standard InChI is InChI=1S/C22H20BF3N6O3S/c1-12(9-30-19(33)13-6-14(23)8-15(7-13)35-22(24,25)26)17-18(29-5-4-28-17)20-31-10-16(36-20)21(34)32(3)11-27-2/h4-10,12,27H,11H2,1-3H3. The summed E-state index contributed by atoms with van der Waals surface area (Å²) < 4.78 is 41.4. The van der Waals surface area contributed by atoms with Crippen LogP contribution >= 0.6 is 11.3 Å². The molecule has 0 saturated heterocycles. The molecule has 3 rings (SSSR count). The molecule has 0 bridgehead atoms.